The van der Waals surface area contributed by atoms with Crippen LogP contribution in [0.5, 0.6) is 0 Å². The van der Waals surface area contributed by atoms with E-state index in [9.17, 15) is 14.0 Å². The maximum atomic E-state index is 14.1. The van der Waals surface area contributed by atoms with E-state index in [2.05, 4.69) is 71.9 Å². The molecule has 5 rings (SSSR count). The van der Waals surface area contributed by atoms with E-state index < -0.39 is 18.1 Å². The number of cyclic esters (lactones) is 1. The molecule has 6 nitrogen and oxygen atoms in total. The van der Waals surface area contributed by atoms with Crippen molar-refractivity contribution in [3.63, 3.8) is 0 Å². The normalized spacial score (nSPS) is 14.5. The lowest BCUT2D eigenvalue weighted by molar-refractivity contribution is -0.133. The summed E-state index contributed by atoms with van der Waals surface area (Å²) in [5.74, 6) is -0.426. The van der Waals surface area contributed by atoms with Crippen LogP contribution in [-0.4, -0.2) is 35.6 Å². The lowest BCUT2D eigenvalue weighted by Crippen LogP contribution is -2.47. The molecule has 4 aromatic carbocycles. The van der Waals surface area contributed by atoms with Gasteiger partial charge < -0.3 is 14.8 Å². The van der Waals surface area contributed by atoms with Crippen molar-refractivity contribution in [2.24, 2.45) is 5.92 Å². The molecular formula is C46H54BrFN2O4. The minimum atomic E-state index is -0.613. The Morgan fingerprint density at radius 3 is 1.91 bits per heavy atom. The highest BCUT2D eigenvalue weighted by atomic mass is 79.9. The minimum absolute atomic E-state index is 0.178. The van der Waals surface area contributed by atoms with E-state index in [0.29, 0.717) is 31.6 Å². The van der Waals surface area contributed by atoms with Crippen LogP contribution in [0.15, 0.2) is 138 Å². The number of carbonyl (C=O) groups is 2. The number of amides is 2. The second-order valence-electron chi connectivity index (χ2n) is 12.8. The number of nitrogens with one attached hydrogen (secondary N) is 1. The van der Waals surface area contributed by atoms with Gasteiger partial charge in [0.1, 0.15) is 19.0 Å². The summed E-state index contributed by atoms with van der Waals surface area (Å²) in [5, 5.41) is 3.56. The number of hydrogen-bond donors (Lipinski definition) is 1. The average Bonchev–Trinajstić information content (AvgIpc) is 3.53. The number of aryl methyl sites for hydroxylation is 2. The van der Waals surface area contributed by atoms with Gasteiger partial charge in [-0.15, -0.1) is 12.8 Å². The summed E-state index contributed by atoms with van der Waals surface area (Å²) in [5.41, 5.74) is 5.18. The summed E-state index contributed by atoms with van der Waals surface area (Å²) in [6.07, 6.45) is 10.4. The minimum Gasteiger partial charge on any atom is -0.494 e. The number of anilines is 1. The second-order valence-corrected chi connectivity index (χ2v) is 14.1. The molecule has 8 heteroatoms. The zero-order chi connectivity index (χ0) is 39.9. The van der Waals surface area contributed by atoms with Crippen LogP contribution in [-0.2, 0) is 33.7 Å². The summed E-state index contributed by atoms with van der Waals surface area (Å²) in [4.78, 5) is 27.9. The number of nitrogens with zero attached hydrogens (tertiary/aromatic N) is 1. The predicted octanol–water partition coefficient (Wildman–Crippen LogP) is 11.5. The molecule has 0 spiro atoms. The number of rotatable bonds is 13. The lowest BCUT2D eigenvalue weighted by atomic mass is 9.86. The van der Waals surface area contributed by atoms with Gasteiger partial charge in [0.05, 0.1) is 23.8 Å². The molecule has 2 amide bonds. The monoisotopic (exact) mass is 796 g/mol. The molecule has 4 aromatic rings. The first-order valence-electron chi connectivity index (χ1n) is 18.1. The van der Waals surface area contributed by atoms with Gasteiger partial charge in [-0.25, -0.2) is 14.1 Å². The third kappa shape index (κ3) is 15.9. The van der Waals surface area contributed by atoms with Crippen molar-refractivity contribution in [2.45, 2.75) is 79.0 Å². The van der Waals surface area contributed by atoms with Crippen LogP contribution >= 0.6 is 15.9 Å². The number of hydrogen-bond acceptors (Lipinski definition) is 5. The van der Waals surface area contributed by atoms with Crippen LogP contribution in [0.25, 0.3) is 0 Å². The van der Waals surface area contributed by atoms with E-state index in [1.807, 2.05) is 94.4 Å². The molecule has 1 fully saturated rings. The number of benzene rings is 4. The number of ether oxygens (including phenoxy) is 2. The van der Waals surface area contributed by atoms with Crippen molar-refractivity contribution in [3.8, 4) is 12.8 Å². The Hall–Kier alpha value is -5.13. The number of halogens is 2. The second kappa shape index (κ2) is 25.0. The molecule has 0 radical (unpaired) electrons. The van der Waals surface area contributed by atoms with E-state index in [-0.39, 0.29) is 24.4 Å². The molecule has 0 saturated carbocycles. The van der Waals surface area contributed by atoms with Gasteiger partial charge in [-0.3, -0.25) is 4.79 Å². The van der Waals surface area contributed by atoms with Gasteiger partial charge in [-0.2, -0.15) is 0 Å². The van der Waals surface area contributed by atoms with E-state index >= 15 is 0 Å². The molecule has 1 N–H and O–H groups in total. The van der Waals surface area contributed by atoms with Crippen molar-refractivity contribution >= 4 is 33.6 Å². The quantitative estimate of drug-likeness (QED) is 0.108. The van der Waals surface area contributed by atoms with Gasteiger partial charge >= 0.3 is 6.09 Å². The third-order valence-electron chi connectivity index (χ3n) is 8.60. The van der Waals surface area contributed by atoms with Crippen molar-refractivity contribution in [2.75, 3.05) is 11.9 Å². The molecule has 0 bridgehead atoms. The third-order valence-corrected chi connectivity index (χ3v) is 8.60. The number of para-hydroxylation sites is 1. The SMILES string of the molecule is C#C.C/C(OCc1ccccc1)=C(\C)C(Nc1ccccc1)C(CCCc1ccc(F)cc1)C(=O)N1C(=O)OCC1C.C=C(C)Br.CCc1ccccc1. The molecule has 54 heavy (non-hydrogen) atoms. The van der Waals surface area contributed by atoms with Crippen molar-refractivity contribution in [1.29, 1.82) is 0 Å². The molecule has 1 aliphatic heterocycles. The van der Waals surface area contributed by atoms with E-state index in [0.717, 1.165) is 33.3 Å². The van der Waals surface area contributed by atoms with Crippen LogP contribution in [0.2, 0.25) is 0 Å². The van der Waals surface area contributed by atoms with Crippen molar-refractivity contribution in [3.05, 3.63) is 160 Å². The lowest BCUT2D eigenvalue weighted by Gasteiger charge is -2.32. The average molecular weight is 798 g/mol. The molecule has 1 saturated heterocycles. The highest BCUT2D eigenvalue weighted by Crippen LogP contribution is 2.30. The Labute approximate surface area is 330 Å². The Morgan fingerprint density at radius 1 is 0.907 bits per heavy atom. The van der Waals surface area contributed by atoms with Gasteiger partial charge in [-0.05, 0) is 104 Å². The first-order valence-corrected chi connectivity index (χ1v) is 18.9. The topological polar surface area (TPSA) is 67.9 Å². The molecular weight excluding hydrogens is 743 g/mol. The van der Waals surface area contributed by atoms with Gasteiger partial charge in [0.15, 0.2) is 0 Å². The number of allylic oxidation sites excluding steroid dienone is 2. The maximum Gasteiger partial charge on any atom is 0.416 e. The molecule has 3 unspecified atom stereocenters. The Bertz CT molecular complexity index is 1740. The van der Waals surface area contributed by atoms with E-state index in [1.165, 1.54) is 22.6 Å². The molecule has 0 aromatic heterocycles. The maximum absolute atomic E-state index is 14.1. The van der Waals surface area contributed by atoms with Crippen molar-refractivity contribution in [1.82, 2.24) is 4.90 Å². The van der Waals surface area contributed by atoms with Gasteiger partial charge in [0.25, 0.3) is 0 Å². The standard InChI is InChI=1S/C33H37FN2O4.C8H10.C3H5Br.C2H2/c1-23-21-40-33(38)36(23)32(37)30(16-10-13-26-17-19-28(34)20-18-26)31(35-29-14-8-5-9-15-29)24(2)25(3)39-22-27-11-6-4-7-12-27;1-2-8-6-4-3-5-7-8;1-3(2)4;1-2/h4-9,11-12,14-15,17-20,23,30-31,35H,10,13,16,21-22H2,1-3H3;3-7H,2H2,1H3;1H2,2H3;1-2H/b25-24-;;;. The Morgan fingerprint density at radius 2 is 1.43 bits per heavy atom. The summed E-state index contributed by atoms with van der Waals surface area (Å²) < 4.78 is 25.8. The molecule has 286 valence electrons. The van der Waals surface area contributed by atoms with Crippen LogP contribution in [0.1, 0.15) is 64.2 Å². The fourth-order valence-corrected chi connectivity index (χ4v) is 5.65. The summed E-state index contributed by atoms with van der Waals surface area (Å²) >= 11 is 3.08. The van der Waals surface area contributed by atoms with E-state index in [4.69, 9.17) is 9.47 Å². The Kier molecular flexibility index (Phi) is 20.8. The molecule has 0 aliphatic carbocycles. The fraction of sp³-hybridized carbons (Fsp3) is 0.304. The summed E-state index contributed by atoms with van der Waals surface area (Å²) in [6.45, 7) is 13.8. The van der Waals surface area contributed by atoms with Crippen molar-refractivity contribution < 1.29 is 23.5 Å². The highest BCUT2D eigenvalue weighted by Gasteiger charge is 2.42. The smallest absolute Gasteiger partial charge is 0.416 e. The first-order chi connectivity index (χ1) is 26.0. The zero-order valence-corrected chi connectivity index (χ0v) is 33.7. The van der Waals surface area contributed by atoms with Crippen LogP contribution in [0.3, 0.4) is 0 Å². The zero-order valence-electron chi connectivity index (χ0n) is 32.1. The van der Waals surface area contributed by atoms with Crippen LogP contribution in [0, 0.1) is 24.6 Å². The molecule has 1 heterocycles. The Balaban J connectivity index is 0.000000610. The van der Waals surface area contributed by atoms with Gasteiger partial charge in [-0.1, -0.05) is 120 Å². The summed E-state index contributed by atoms with van der Waals surface area (Å²) in [7, 11) is 0. The van der Waals surface area contributed by atoms with Crippen LogP contribution < -0.4 is 5.32 Å². The highest BCUT2D eigenvalue weighted by molar-refractivity contribution is 9.11. The number of imide groups is 1. The van der Waals surface area contributed by atoms with E-state index in [1.54, 1.807) is 12.1 Å². The van der Waals surface area contributed by atoms with Gasteiger partial charge in [0.2, 0.25) is 5.91 Å². The largest absolute Gasteiger partial charge is 0.494 e. The van der Waals surface area contributed by atoms with Gasteiger partial charge in [0, 0.05) is 5.69 Å². The number of terminal acetylenes is 1. The summed E-state index contributed by atoms with van der Waals surface area (Å²) in [6, 6.07) is 35.7. The fourth-order valence-electron chi connectivity index (χ4n) is 5.65. The molecule has 1 aliphatic rings. The predicted molar refractivity (Wildman–Crippen MR) is 223 cm³/mol. The molecule has 3 atom stereocenters. The number of carbonyl (C=O) groups excluding carboxylic acids is 2. The van der Waals surface area contributed by atoms with Crippen LogP contribution in [0.4, 0.5) is 14.9 Å². The first kappa shape index (κ1) is 45.0.